The Kier molecular flexibility index (Phi) is 2.55. The maximum absolute atomic E-state index is 5.11. The van der Waals surface area contributed by atoms with E-state index in [1.165, 1.54) is 17.5 Å². The van der Waals surface area contributed by atoms with E-state index in [2.05, 4.69) is 39.7 Å². The van der Waals surface area contributed by atoms with E-state index in [9.17, 15) is 0 Å². The third-order valence-electron chi connectivity index (χ3n) is 3.34. The molecule has 0 amide bonds. The van der Waals surface area contributed by atoms with Crippen LogP contribution in [0.2, 0.25) is 0 Å². The first kappa shape index (κ1) is 10.3. The Balaban J connectivity index is 1.99. The lowest BCUT2D eigenvalue weighted by molar-refractivity contribution is 0.416. The number of hydrogen-bond acceptors (Lipinski definition) is 4. The summed E-state index contributed by atoms with van der Waals surface area (Å²) in [6.07, 6.45) is 3.44. The van der Waals surface area contributed by atoms with Gasteiger partial charge in [0, 0.05) is 13.0 Å². The van der Waals surface area contributed by atoms with Crippen LogP contribution in [0.1, 0.15) is 35.7 Å². The highest BCUT2D eigenvalue weighted by atomic mass is 16.5. The average molecular weight is 229 g/mol. The van der Waals surface area contributed by atoms with E-state index in [1.54, 1.807) is 7.05 Å². The number of benzene rings is 1. The van der Waals surface area contributed by atoms with Gasteiger partial charge in [0.2, 0.25) is 0 Å². The third kappa shape index (κ3) is 1.79. The van der Waals surface area contributed by atoms with Crippen LogP contribution in [0.15, 0.2) is 28.8 Å². The minimum Gasteiger partial charge on any atom is -0.341 e. The highest BCUT2D eigenvalue weighted by molar-refractivity contribution is 5.36. The zero-order chi connectivity index (χ0) is 11.7. The molecule has 0 bridgehead atoms. The Morgan fingerprint density at radius 3 is 3.06 bits per heavy atom. The Labute approximate surface area is 100 Å². The summed E-state index contributed by atoms with van der Waals surface area (Å²) < 4.78 is 5.11. The first-order valence-corrected chi connectivity index (χ1v) is 5.97. The van der Waals surface area contributed by atoms with Gasteiger partial charge < -0.3 is 9.84 Å². The molecule has 1 N–H and O–H groups in total. The van der Waals surface area contributed by atoms with Crippen molar-refractivity contribution in [1.29, 1.82) is 0 Å². The molecule has 17 heavy (non-hydrogen) atoms. The average Bonchev–Trinajstić information content (AvgIpc) is 2.87. The second-order valence-corrected chi connectivity index (χ2v) is 4.35. The van der Waals surface area contributed by atoms with Crippen molar-refractivity contribution >= 4 is 6.01 Å². The number of fused-ring (bicyclic) bond motifs is 1. The number of hydrogen-bond donors (Lipinski definition) is 1. The molecule has 0 aliphatic heterocycles. The lowest BCUT2D eigenvalue weighted by Crippen LogP contribution is -2.12. The summed E-state index contributed by atoms with van der Waals surface area (Å²) in [6.45, 7) is 0. The van der Waals surface area contributed by atoms with E-state index >= 15 is 0 Å². The van der Waals surface area contributed by atoms with Gasteiger partial charge in [0.15, 0.2) is 5.82 Å². The molecule has 4 nitrogen and oxygen atoms in total. The van der Waals surface area contributed by atoms with Crippen LogP contribution in [0.25, 0.3) is 0 Å². The van der Waals surface area contributed by atoms with Gasteiger partial charge >= 0.3 is 6.01 Å². The highest BCUT2D eigenvalue weighted by Crippen LogP contribution is 2.35. The lowest BCUT2D eigenvalue weighted by Gasteiger charge is -2.22. The Morgan fingerprint density at radius 1 is 1.35 bits per heavy atom. The number of aromatic nitrogens is 2. The van der Waals surface area contributed by atoms with Gasteiger partial charge in [-0.2, -0.15) is 4.98 Å². The van der Waals surface area contributed by atoms with Crippen LogP contribution < -0.4 is 5.32 Å². The zero-order valence-electron chi connectivity index (χ0n) is 9.81. The molecule has 3 rings (SSSR count). The Morgan fingerprint density at radius 2 is 2.24 bits per heavy atom. The molecule has 1 aliphatic carbocycles. The van der Waals surface area contributed by atoms with Crippen molar-refractivity contribution in [3.05, 3.63) is 41.2 Å². The zero-order valence-corrected chi connectivity index (χ0v) is 9.81. The molecule has 1 aliphatic rings. The molecule has 1 atom stereocenters. The fourth-order valence-electron chi connectivity index (χ4n) is 2.50. The minimum atomic E-state index is 0.283. The summed E-state index contributed by atoms with van der Waals surface area (Å²) >= 11 is 0. The SMILES string of the molecule is CNc1nc(C2CCCc3ccccc32)no1. The molecule has 0 radical (unpaired) electrons. The second-order valence-electron chi connectivity index (χ2n) is 4.35. The number of aryl methyl sites for hydroxylation is 1. The fraction of sp³-hybridized carbons (Fsp3) is 0.385. The van der Waals surface area contributed by atoms with E-state index in [4.69, 9.17) is 4.52 Å². The van der Waals surface area contributed by atoms with Crippen LogP contribution in [0, 0.1) is 0 Å². The monoisotopic (exact) mass is 229 g/mol. The summed E-state index contributed by atoms with van der Waals surface area (Å²) in [4.78, 5) is 4.36. The summed E-state index contributed by atoms with van der Waals surface area (Å²) in [5.41, 5.74) is 2.77. The minimum absolute atomic E-state index is 0.283. The van der Waals surface area contributed by atoms with Gasteiger partial charge in [-0.05, 0) is 30.4 Å². The molecule has 0 saturated heterocycles. The summed E-state index contributed by atoms with van der Waals surface area (Å²) in [5.74, 6) is 1.08. The molecule has 88 valence electrons. The molecule has 1 unspecified atom stereocenters. The molecule has 0 spiro atoms. The first-order chi connectivity index (χ1) is 8.38. The molecule has 4 heteroatoms. The van der Waals surface area contributed by atoms with Gasteiger partial charge in [-0.3, -0.25) is 0 Å². The van der Waals surface area contributed by atoms with Crippen molar-refractivity contribution < 1.29 is 4.52 Å². The Bertz CT molecular complexity index is 521. The smallest absolute Gasteiger partial charge is 0.321 e. The van der Waals surface area contributed by atoms with Crippen molar-refractivity contribution in [1.82, 2.24) is 10.1 Å². The molecule has 1 aromatic carbocycles. The molecule has 1 heterocycles. The maximum atomic E-state index is 5.11. The van der Waals surface area contributed by atoms with Crippen molar-refractivity contribution in [3.8, 4) is 0 Å². The van der Waals surface area contributed by atoms with E-state index < -0.39 is 0 Å². The van der Waals surface area contributed by atoms with E-state index in [1.807, 2.05) is 0 Å². The van der Waals surface area contributed by atoms with E-state index in [-0.39, 0.29) is 5.92 Å². The van der Waals surface area contributed by atoms with Crippen LogP contribution in [0.5, 0.6) is 0 Å². The number of nitrogens with zero attached hydrogens (tertiary/aromatic N) is 2. The first-order valence-electron chi connectivity index (χ1n) is 5.97. The largest absolute Gasteiger partial charge is 0.341 e. The van der Waals surface area contributed by atoms with Crippen molar-refractivity contribution in [3.63, 3.8) is 0 Å². The molecule has 1 aromatic heterocycles. The normalized spacial score (nSPS) is 18.8. The van der Waals surface area contributed by atoms with Gasteiger partial charge in [-0.1, -0.05) is 29.4 Å². The van der Waals surface area contributed by atoms with Gasteiger partial charge in [0.1, 0.15) is 0 Å². The number of anilines is 1. The third-order valence-corrected chi connectivity index (χ3v) is 3.34. The van der Waals surface area contributed by atoms with Crippen LogP contribution in [0.3, 0.4) is 0 Å². The predicted octanol–water partition coefficient (Wildman–Crippen LogP) is 2.58. The molecule has 2 aromatic rings. The van der Waals surface area contributed by atoms with Crippen molar-refractivity contribution in [2.45, 2.75) is 25.2 Å². The highest BCUT2D eigenvalue weighted by Gasteiger charge is 2.25. The van der Waals surface area contributed by atoms with Crippen LogP contribution in [-0.4, -0.2) is 17.2 Å². The van der Waals surface area contributed by atoms with Crippen LogP contribution in [0.4, 0.5) is 6.01 Å². The molecule has 0 fully saturated rings. The maximum Gasteiger partial charge on any atom is 0.321 e. The summed E-state index contributed by atoms with van der Waals surface area (Å²) in [5, 5.41) is 6.93. The van der Waals surface area contributed by atoms with Crippen molar-refractivity contribution in [2.24, 2.45) is 0 Å². The van der Waals surface area contributed by atoms with Gasteiger partial charge in [-0.25, -0.2) is 0 Å². The quantitative estimate of drug-likeness (QED) is 0.860. The summed E-state index contributed by atoms with van der Waals surface area (Å²) in [7, 11) is 1.78. The molecule has 0 saturated carbocycles. The Hall–Kier alpha value is -1.84. The van der Waals surface area contributed by atoms with Gasteiger partial charge in [-0.15, -0.1) is 0 Å². The fourth-order valence-corrected chi connectivity index (χ4v) is 2.50. The standard InChI is InChI=1S/C13H15N3O/c1-14-13-15-12(16-17-13)11-8-4-6-9-5-2-3-7-10(9)11/h2-3,5,7,11H,4,6,8H2,1H3,(H,14,15,16). The van der Waals surface area contributed by atoms with Crippen LogP contribution >= 0.6 is 0 Å². The van der Waals surface area contributed by atoms with Crippen molar-refractivity contribution in [2.75, 3.05) is 12.4 Å². The number of rotatable bonds is 2. The number of nitrogens with one attached hydrogen (secondary N) is 1. The van der Waals surface area contributed by atoms with E-state index in [0.29, 0.717) is 6.01 Å². The topological polar surface area (TPSA) is 51.0 Å². The predicted molar refractivity (Wildman–Crippen MR) is 65.1 cm³/mol. The summed E-state index contributed by atoms with van der Waals surface area (Å²) in [6, 6.07) is 9.03. The van der Waals surface area contributed by atoms with Gasteiger partial charge in [0.25, 0.3) is 0 Å². The van der Waals surface area contributed by atoms with E-state index in [0.717, 1.165) is 18.7 Å². The molecular weight excluding hydrogens is 214 g/mol. The second kappa shape index (κ2) is 4.20. The van der Waals surface area contributed by atoms with Gasteiger partial charge in [0.05, 0.1) is 0 Å². The molecular formula is C13H15N3O. The van der Waals surface area contributed by atoms with Crippen LogP contribution in [-0.2, 0) is 6.42 Å². The lowest BCUT2D eigenvalue weighted by atomic mass is 9.82.